The van der Waals surface area contributed by atoms with Crippen molar-refractivity contribution in [1.29, 1.82) is 0 Å². The van der Waals surface area contributed by atoms with Gasteiger partial charge in [-0.15, -0.1) is 0 Å². The number of amides is 1. The van der Waals surface area contributed by atoms with Gasteiger partial charge in [0.05, 0.1) is 17.4 Å². The molecule has 0 unspecified atom stereocenters. The van der Waals surface area contributed by atoms with Gasteiger partial charge in [0.25, 0.3) is 0 Å². The van der Waals surface area contributed by atoms with Gasteiger partial charge in [0.15, 0.2) is 0 Å². The zero-order valence-corrected chi connectivity index (χ0v) is 8.96. The summed E-state index contributed by atoms with van der Waals surface area (Å²) in [6.07, 6.45) is 1.71. The molecular formula is C11H11N3O3. The maximum Gasteiger partial charge on any atom is 0.337 e. The minimum absolute atomic E-state index is 0.153. The fraction of sp³-hybridized carbons (Fsp3) is 0.182. The Labute approximate surface area is 96.7 Å². The number of aromatic nitrogens is 2. The maximum absolute atomic E-state index is 11.0. The Hall–Kier alpha value is -2.37. The van der Waals surface area contributed by atoms with Gasteiger partial charge < -0.3 is 15.4 Å². The summed E-state index contributed by atoms with van der Waals surface area (Å²) in [5.74, 6) is -1.42. The summed E-state index contributed by atoms with van der Waals surface area (Å²) >= 11 is 0. The third-order valence-electron chi connectivity index (χ3n) is 2.48. The largest absolute Gasteiger partial charge is 0.478 e. The number of fused-ring (bicyclic) bond motifs is 1. The van der Waals surface area contributed by atoms with Crippen LogP contribution in [0, 0.1) is 0 Å². The van der Waals surface area contributed by atoms with E-state index in [1.54, 1.807) is 16.7 Å². The first-order valence-corrected chi connectivity index (χ1v) is 5.05. The minimum atomic E-state index is -1.02. The molecule has 0 radical (unpaired) electrons. The molecule has 6 nitrogen and oxygen atoms in total. The molecule has 1 aromatic carbocycles. The standard InChI is InChI=1S/C11H11N3O3/c12-9(15)4-5-14-6-13-10-7(11(16)17)2-1-3-8(10)14/h1-3,6H,4-5H2,(H2,12,15)(H,16,17). The number of rotatable bonds is 4. The van der Waals surface area contributed by atoms with Crippen molar-refractivity contribution < 1.29 is 14.7 Å². The fourth-order valence-electron chi connectivity index (χ4n) is 1.67. The summed E-state index contributed by atoms with van der Waals surface area (Å²) in [4.78, 5) is 25.7. The van der Waals surface area contributed by atoms with Gasteiger partial charge in [-0.1, -0.05) is 6.07 Å². The highest BCUT2D eigenvalue weighted by atomic mass is 16.4. The summed E-state index contributed by atoms with van der Waals surface area (Å²) in [6.45, 7) is 0.398. The van der Waals surface area contributed by atoms with E-state index in [0.717, 1.165) is 0 Å². The van der Waals surface area contributed by atoms with Gasteiger partial charge in [-0.2, -0.15) is 0 Å². The number of carboxylic acid groups (broad SMARTS) is 1. The van der Waals surface area contributed by atoms with Crippen molar-refractivity contribution >= 4 is 22.9 Å². The number of nitrogens with two attached hydrogens (primary N) is 1. The van der Waals surface area contributed by atoms with E-state index in [-0.39, 0.29) is 12.0 Å². The zero-order chi connectivity index (χ0) is 12.4. The number of aryl methyl sites for hydroxylation is 1. The van der Waals surface area contributed by atoms with Crippen molar-refractivity contribution in [1.82, 2.24) is 9.55 Å². The van der Waals surface area contributed by atoms with E-state index in [0.29, 0.717) is 17.6 Å². The predicted octanol–water partition coefficient (Wildman–Crippen LogP) is 0.610. The van der Waals surface area contributed by atoms with Crippen LogP contribution in [0.1, 0.15) is 16.8 Å². The van der Waals surface area contributed by atoms with Crippen LogP contribution in [0.25, 0.3) is 11.0 Å². The number of hydrogen-bond acceptors (Lipinski definition) is 3. The predicted molar refractivity (Wildman–Crippen MR) is 60.5 cm³/mol. The Morgan fingerprint density at radius 2 is 2.18 bits per heavy atom. The molecular weight excluding hydrogens is 222 g/mol. The van der Waals surface area contributed by atoms with Crippen molar-refractivity contribution in [2.24, 2.45) is 5.73 Å². The number of imidazole rings is 1. The second kappa shape index (κ2) is 4.25. The van der Waals surface area contributed by atoms with Crippen LogP contribution < -0.4 is 5.73 Å². The Kier molecular flexibility index (Phi) is 2.78. The normalized spacial score (nSPS) is 10.6. The number of primary amides is 1. The molecule has 17 heavy (non-hydrogen) atoms. The van der Waals surface area contributed by atoms with Crippen LogP contribution in [0.2, 0.25) is 0 Å². The average molecular weight is 233 g/mol. The lowest BCUT2D eigenvalue weighted by Crippen LogP contribution is -2.13. The number of aromatic carboxylic acids is 1. The summed E-state index contributed by atoms with van der Waals surface area (Å²) in [7, 11) is 0. The first-order chi connectivity index (χ1) is 8.09. The lowest BCUT2D eigenvalue weighted by molar-refractivity contribution is -0.118. The molecule has 88 valence electrons. The van der Waals surface area contributed by atoms with Gasteiger partial charge in [-0.05, 0) is 12.1 Å². The molecule has 0 saturated heterocycles. The summed E-state index contributed by atoms with van der Waals surface area (Å²) in [5, 5.41) is 8.99. The van der Waals surface area contributed by atoms with E-state index in [2.05, 4.69) is 4.98 Å². The van der Waals surface area contributed by atoms with Crippen LogP contribution in [0.5, 0.6) is 0 Å². The van der Waals surface area contributed by atoms with E-state index in [4.69, 9.17) is 10.8 Å². The second-order valence-corrected chi connectivity index (χ2v) is 3.63. The van der Waals surface area contributed by atoms with Crippen LogP contribution >= 0.6 is 0 Å². The first-order valence-electron chi connectivity index (χ1n) is 5.05. The minimum Gasteiger partial charge on any atom is -0.478 e. The van der Waals surface area contributed by atoms with E-state index in [1.807, 2.05) is 0 Å². The number of carboxylic acids is 1. The molecule has 0 aliphatic heterocycles. The van der Waals surface area contributed by atoms with E-state index >= 15 is 0 Å². The molecule has 1 amide bonds. The Bertz CT molecular complexity index is 589. The lowest BCUT2D eigenvalue weighted by Gasteiger charge is -2.02. The summed E-state index contributed by atoms with van der Waals surface area (Å²) in [5.41, 5.74) is 6.32. The molecule has 0 fully saturated rings. The zero-order valence-electron chi connectivity index (χ0n) is 8.96. The quantitative estimate of drug-likeness (QED) is 0.808. The molecule has 0 saturated carbocycles. The van der Waals surface area contributed by atoms with Crippen LogP contribution in [-0.2, 0) is 11.3 Å². The van der Waals surface area contributed by atoms with Crippen molar-refractivity contribution in [2.75, 3.05) is 0 Å². The van der Waals surface area contributed by atoms with Crippen LogP contribution in [-0.4, -0.2) is 26.5 Å². The maximum atomic E-state index is 11.0. The number of nitrogens with zero attached hydrogens (tertiary/aromatic N) is 2. The van der Waals surface area contributed by atoms with Gasteiger partial charge in [-0.3, -0.25) is 4.79 Å². The molecule has 3 N–H and O–H groups in total. The van der Waals surface area contributed by atoms with Crippen molar-refractivity contribution in [3.8, 4) is 0 Å². The molecule has 6 heteroatoms. The highest BCUT2D eigenvalue weighted by Gasteiger charge is 2.12. The topological polar surface area (TPSA) is 98.2 Å². The monoisotopic (exact) mass is 233 g/mol. The number of benzene rings is 1. The van der Waals surface area contributed by atoms with Gasteiger partial charge in [0, 0.05) is 13.0 Å². The van der Waals surface area contributed by atoms with E-state index < -0.39 is 11.9 Å². The lowest BCUT2D eigenvalue weighted by atomic mass is 10.2. The number of para-hydroxylation sites is 1. The summed E-state index contributed by atoms with van der Waals surface area (Å²) in [6, 6.07) is 4.90. The smallest absolute Gasteiger partial charge is 0.337 e. The Morgan fingerprint density at radius 3 is 2.82 bits per heavy atom. The number of hydrogen-bond donors (Lipinski definition) is 2. The Morgan fingerprint density at radius 1 is 1.41 bits per heavy atom. The Balaban J connectivity index is 2.44. The number of carbonyl (C=O) groups excluding carboxylic acids is 1. The molecule has 1 heterocycles. The van der Waals surface area contributed by atoms with Crippen molar-refractivity contribution in [3.05, 3.63) is 30.1 Å². The SMILES string of the molecule is NC(=O)CCn1cnc2c(C(=O)O)cccc21. The third kappa shape index (κ3) is 2.10. The molecule has 0 atom stereocenters. The van der Waals surface area contributed by atoms with Crippen LogP contribution in [0.3, 0.4) is 0 Å². The van der Waals surface area contributed by atoms with E-state index in [1.165, 1.54) is 12.4 Å². The van der Waals surface area contributed by atoms with E-state index in [9.17, 15) is 9.59 Å². The van der Waals surface area contributed by atoms with Gasteiger partial charge in [0.1, 0.15) is 5.52 Å². The summed E-state index contributed by atoms with van der Waals surface area (Å²) < 4.78 is 1.71. The van der Waals surface area contributed by atoms with Gasteiger partial charge in [0.2, 0.25) is 5.91 Å². The number of carbonyl (C=O) groups is 2. The highest BCUT2D eigenvalue weighted by molar-refractivity contribution is 6.00. The molecule has 1 aromatic heterocycles. The van der Waals surface area contributed by atoms with Crippen LogP contribution in [0.4, 0.5) is 0 Å². The highest BCUT2D eigenvalue weighted by Crippen LogP contribution is 2.17. The molecule has 0 spiro atoms. The molecule has 0 aliphatic carbocycles. The van der Waals surface area contributed by atoms with Crippen molar-refractivity contribution in [3.63, 3.8) is 0 Å². The molecule has 0 aliphatic rings. The molecule has 2 rings (SSSR count). The van der Waals surface area contributed by atoms with Gasteiger partial charge >= 0.3 is 5.97 Å². The molecule has 0 bridgehead atoms. The first kappa shape index (κ1) is 11.1. The average Bonchev–Trinajstić information content (AvgIpc) is 2.68. The van der Waals surface area contributed by atoms with Crippen LogP contribution in [0.15, 0.2) is 24.5 Å². The third-order valence-corrected chi connectivity index (χ3v) is 2.48. The second-order valence-electron chi connectivity index (χ2n) is 3.63. The molecule has 2 aromatic rings. The fourth-order valence-corrected chi connectivity index (χ4v) is 1.67. The van der Waals surface area contributed by atoms with Gasteiger partial charge in [-0.25, -0.2) is 9.78 Å². The van der Waals surface area contributed by atoms with Crippen molar-refractivity contribution in [2.45, 2.75) is 13.0 Å².